The Kier molecular flexibility index (Phi) is 3.88. The predicted octanol–water partition coefficient (Wildman–Crippen LogP) is 3.87. The Balaban J connectivity index is 2.31. The molecule has 3 heteroatoms. The summed E-state index contributed by atoms with van der Waals surface area (Å²) in [6.45, 7) is 0. The zero-order valence-corrected chi connectivity index (χ0v) is 10.8. The summed E-state index contributed by atoms with van der Waals surface area (Å²) in [5.74, 6) is -0.225. The molecule has 0 amide bonds. The van der Waals surface area contributed by atoms with Crippen LogP contribution in [0.1, 0.15) is 5.56 Å². The number of hydrogen-bond acceptors (Lipinski definition) is 1. The number of aryl methyl sites for hydroxylation is 1. The van der Waals surface area contributed by atoms with E-state index in [1.54, 1.807) is 12.1 Å². The number of benzene rings is 1. The van der Waals surface area contributed by atoms with E-state index in [4.69, 9.17) is 0 Å². The molecule has 16 heavy (non-hydrogen) atoms. The van der Waals surface area contributed by atoms with E-state index in [9.17, 15) is 4.39 Å². The van der Waals surface area contributed by atoms with Crippen LogP contribution in [-0.2, 0) is 6.42 Å². The molecule has 0 fully saturated rings. The van der Waals surface area contributed by atoms with E-state index >= 15 is 0 Å². The van der Waals surface area contributed by atoms with Crippen LogP contribution in [0.25, 0.3) is 11.3 Å². The molecule has 82 valence electrons. The van der Waals surface area contributed by atoms with Gasteiger partial charge in [0, 0.05) is 16.2 Å². The Morgan fingerprint density at radius 3 is 2.56 bits per heavy atom. The molecule has 0 saturated carbocycles. The Hall–Kier alpha value is -0.970. The SMILES string of the molecule is Fc1ccccc1-c1ccc(CCI)cn1. The van der Waals surface area contributed by atoms with E-state index in [-0.39, 0.29) is 5.82 Å². The zero-order valence-electron chi connectivity index (χ0n) is 8.66. The van der Waals surface area contributed by atoms with Gasteiger partial charge in [-0.1, -0.05) is 40.8 Å². The minimum absolute atomic E-state index is 0.225. The van der Waals surface area contributed by atoms with Gasteiger partial charge < -0.3 is 0 Å². The Labute approximate surface area is 108 Å². The minimum Gasteiger partial charge on any atom is -0.256 e. The summed E-state index contributed by atoms with van der Waals surface area (Å²) in [7, 11) is 0. The van der Waals surface area contributed by atoms with Crippen LogP contribution in [0.4, 0.5) is 4.39 Å². The second-order valence-electron chi connectivity index (χ2n) is 3.47. The second-order valence-corrected chi connectivity index (χ2v) is 4.55. The summed E-state index contributed by atoms with van der Waals surface area (Å²) in [5, 5.41) is 0. The van der Waals surface area contributed by atoms with Crippen LogP contribution >= 0.6 is 22.6 Å². The summed E-state index contributed by atoms with van der Waals surface area (Å²) in [6.07, 6.45) is 2.82. The lowest BCUT2D eigenvalue weighted by atomic mass is 10.1. The van der Waals surface area contributed by atoms with Gasteiger partial charge in [0.1, 0.15) is 5.82 Å². The summed E-state index contributed by atoms with van der Waals surface area (Å²) in [4.78, 5) is 4.29. The lowest BCUT2D eigenvalue weighted by molar-refractivity contribution is 0.630. The van der Waals surface area contributed by atoms with Gasteiger partial charge in [-0.15, -0.1) is 0 Å². The number of rotatable bonds is 3. The first-order valence-electron chi connectivity index (χ1n) is 5.07. The van der Waals surface area contributed by atoms with Gasteiger partial charge in [-0.05, 0) is 30.2 Å². The highest BCUT2D eigenvalue weighted by atomic mass is 127. The quantitative estimate of drug-likeness (QED) is 0.616. The van der Waals surface area contributed by atoms with E-state index in [0.29, 0.717) is 11.3 Å². The first kappa shape index (κ1) is 11.5. The average molecular weight is 327 g/mol. The Morgan fingerprint density at radius 2 is 1.94 bits per heavy atom. The molecule has 0 aliphatic heterocycles. The number of hydrogen-bond donors (Lipinski definition) is 0. The van der Waals surface area contributed by atoms with Crippen LogP contribution in [-0.4, -0.2) is 9.41 Å². The Morgan fingerprint density at radius 1 is 1.12 bits per heavy atom. The maximum Gasteiger partial charge on any atom is 0.132 e. The van der Waals surface area contributed by atoms with E-state index in [2.05, 4.69) is 27.6 Å². The number of pyridine rings is 1. The minimum atomic E-state index is -0.225. The van der Waals surface area contributed by atoms with Crippen molar-refractivity contribution >= 4 is 22.6 Å². The molecule has 0 spiro atoms. The normalized spacial score (nSPS) is 10.4. The van der Waals surface area contributed by atoms with Crippen molar-refractivity contribution in [3.63, 3.8) is 0 Å². The van der Waals surface area contributed by atoms with Crippen LogP contribution in [0.3, 0.4) is 0 Å². The molecule has 0 aliphatic carbocycles. The average Bonchev–Trinajstić information content (AvgIpc) is 2.31. The fraction of sp³-hybridized carbons (Fsp3) is 0.154. The van der Waals surface area contributed by atoms with Crippen LogP contribution in [0.2, 0.25) is 0 Å². The van der Waals surface area contributed by atoms with Crippen LogP contribution < -0.4 is 0 Å². The summed E-state index contributed by atoms with van der Waals surface area (Å²) in [6, 6.07) is 10.6. The lowest BCUT2D eigenvalue weighted by Crippen LogP contribution is -1.91. The fourth-order valence-corrected chi connectivity index (χ4v) is 2.13. The molecular weight excluding hydrogens is 316 g/mol. The lowest BCUT2D eigenvalue weighted by Gasteiger charge is -2.03. The molecule has 0 aliphatic rings. The molecule has 0 saturated heterocycles. The fourth-order valence-electron chi connectivity index (χ4n) is 1.51. The van der Waals surface area contributed by atoms with Gasteiger partial charge in [0.05, 0.1) is 5.69 Å². The van der Waals surface area contributed by atoms with Gasteiger partial charge in [-0.3, -0.25) is 4.98 Å². The van der Waals surface area contributed by atoms with Crippen LogP contribution in [0, 0.1) is 5.82 Å². The van der Waals surface area contributed by atoms with E-state index < -0.39 is 0 Å². The first-order valence-corrected chi connectivity index (χ1v) is 6.59. The van der Waals surface area contributed by atoms with Crippen molar-refractivity contribution in [1.82, 2.24) is 4.98 Å². The maximum atomic E-state index is 13.5. The Bertz CT molecular complexity index is 468. The molecule has 0 unspecified atom stereocenters. The van der Waals surface area contributed by atoms with Crippen molar-refractivity contribution in [2.45, 2.75) is 6.42 Å². The molecule has 0 bridgehead atoms. The molecule has 1 nitrogen and oxygen atoms in total. The summed E-state index contributed by atoms with van der Waals surface area (Å²) in [5.41, 5.74) is 2.44. The van der Waals surface area contributed by atoms with Gasteiger partial charge in [-0.2, -0.15) is 0 Å². The zero-order chi connectivity index (χ0) is 11.4. The third kappa shape index (κ3) is 2.58. The molecule has 0 atom stereocenters. The van der Waals surface area contributed by atoms with E-state index in [0.717, 1.165) is 10.8 Å². The number of alkyl halides is 1. The van der Waals surface area contributed by atoms with E-state index in [1.165, 1.54) is 11.6 Å². The van der Waals surface area contributed by atoms with Crippen molar-refractivity contribution in [2.24, 2.45) is 0 Å². The number of nitrogens with zero attached hydrogens (tertiary/aromatic N) is 1. The van der Waals surface area contributed by atoms with Gasteiger partial charge in [0.15, 0.2) is 0 Å². The molecule has 1 aromatic carbocycles. The topological polar surface area (TPSA) is 12.9 Å². The van der Waals surface area contributed by atoms with Crippen molar-refractivity contribution in [2.75, 3.05) is 4.43 Å². The van der Waals surface area contributed by atoms with Crippen molar-refractivity contribution < 1.29 is 4.39 Å². The molecular formula is C13H11FIN. The van der Waals surface area contributed by atoms with Crippen molar-refractivity contribution in [3.8, 4) is 11.3 Å². The third-order valence-corrected chi connectivity index (χ3v) is 2.90. The first-order chi connectivity index (χ1) is 7.81. The molecule has 0 N–H and O–H groups in total. The van der Waals surface area contributed by atoms with Gasteiger partial charge in [0.2, 0.25) is 0 Å². The van der Waals surface area contributed by atoms with E-state index in [1.807, 2.05) is 24.4 Å². The van der Waals surface area contributed by atoms with Crippen LogP contribution in [0.15, 0.2) is 42.6 Å². The highest BCUT2D eigenvalue weighted by molar-refractivity contribution is 14.1. The van der Waals surface area contributed by atoms with Crippen molar-refractivity contribution in [1.29, 1.82) is 0 Å². The smallest absolute Gasteiger partial charge is 0.132 e. The highest BCUT2D eigenvalue weighted by Gasteiger charge is 2.04. The highest BCUT2D eigenvalue weighted by Crippen LogP contribution is 2.20. The summed E-state index contributed by atoms with van der Waals surface area (Å²) >= 11 is 2.33. The maximum absolute atomic E-state index is 13.5. The molecule has 2 aromatic rings. The largest absolute Gasteiger partial charge is 0.256 e. The molecule has 1 heterocycles. The second kappa shape index (κ2) is 5.39. The monoisotopic (exact) mass is 327 g/mol. The van der Waals surface area contributed by atoms with Gasteiger partial charge >= 0.3 is 0 Å². The van der Waals surface area contributed by atoms with Crippen LogP contribution in [0.5, 0.6) is 0 Å². The molecule has 0 radical (unpaired) electrons. The van der Waals surface area contributed by atoms with Gasteiger partial charge in [0.25, 0.3) is 0 Å². The summed E-state index contributed by atoms with van der Waals surface area (Å²) < 4.78 is 14.6. The van der Waals surface area contributed by atoms with Crippen molar-refractivity contribution in [3.05, 3.63) is 54.0 Å². The number of aromatic nitrogens is 1. The van der Waals surface area contributed by atoms with Gasteiger partial charge in [-0.25, -0.2) is 4.39 Å². The number of halogens is 2. The standard InChI is InChI=1S/C13H11FIN/c14-12-4-2-1-3-11(12)13-6-5-10(7-8-15)9-16-13/h1-6,9H,7-8H2. The third-order valence-electron chi connectivity index (χ3n) is 2.36. The predicted molar refractivity (Wildman–Crippen MR) is 72.2 cm³/mol. The molecule has 1 aromatic heterocycles. The molecule has 2 rings (SSSR count).